The average molecular weight is 301 g/mol. The van der Waals surface area contributed by atoms with Crippen molar-refractivity contribution >= 4 is 23.1 Å². The molecule has 1 N–H and O–H groups in total. The highest BCUT2D eigenvalue weighted by molar-refractivity contribution is 7.99. The van der Waals surface area contributed by atoms with E-state index in [1.165, 1.54) is 28.6 Å². The maximum atomic E-state index is 4.80. The van der Waals surface area contributed by atoms with Crippen LogP contribution in [0.25, 0.3) is 0 Å². The largest absolute Gasteiger partial charge is 0.313 e. The molecule has 0 amide bonds. The van der Waals surface area contributed by atoms with Gasteiger partial charge in [-0.2, -0.15) is 11.8 Å². The van der Waals surface area contributed by atoms with Gasteiger partial charge in [0.05, 0.1) is 10.7 Å². The summed E-state index contributed by atoms with van der Waals surface area (Å²) in [7, 11) is 0. The molecule has 0 saturated heterocycles. The first-order valence-electron chi connectivity index (χ1n) is 7.23. The molecule has 1 aromatic heterocycles. The lowest BCUT2D eigenvalue weighted by Gasteiger charge is -2.17. The molecular formula is C15H28N2S2. The summed E-state index contributed by atoms with van der Waals surface area (Å²) in [5, 5.41) is 7.07. The number of hydrogen-bond acceptors (Lipinski definition) is 4. The van der Waals surface area contributed by atoms with Crippen molar-refractivity contribution < 1.29 is 0 Å². The summed E-state index contributed by atoms with van der Waals surface area (Å²) in [6.45, 7) is 12.1. The molecule has 0 fully saturated rings. The highest BCUT2D eigenvalue weighted by atomic mass is 32.2. The molecular weight excluding hydrogens is 272 g/mol. The molecule has 0 aliphatic carbocycles. The summed E-state index contributed by atoms with van der Waals surface area (Å²) in [5.74, 6) is 2.44. The second kappa shape index (κ2) is 8.28. The Morgan fingerprint density at radius 3 is 2.63 bits per heavy atom. The van der Waals surface area contributed by atoms with Crippen LogP contribution in [0.4, 0.5) is 0 Å². The average Bonchev–Trinajstić information content (AvgIpc) is 2.78. The van der Waals surface area contributed by atoms with E-state index in [-0.39, 0.29) is 5.41 Å². The standard InChI is InChI=1S/C15H28N2S2/c1-6-8-18-10-12(16-7-2)9-14-17-13(11-19-14)15(3,4)5/h11-12,16H,6-10H2,1-5H3. The highest BCUT2D eigenvalue weighted by Gasteiger charge is 2.18. The molecule has 110 valence electrons. The fourth-order valence-corrected chi connectivity index (χ4v) is 3.89. The molecule has 0 aromatic carbocycles. The van der Waals surface area contributed by atoms with Crippen LogP contribution in [0.1, 0.15) is 51.7 Å². The lowest BCUT2D eigenvalue weighted by molar-refractivity contribution is 0.554. The second-order valence-electron chi connectivity index (χ2n) is 5.91. The molecule has 0 radical (unpaired) electrons. The molecule has 0 bridgehead atoms. The minimum absolute atomic E-state index is 0.166. The normalized spacial score (nSPS) is 13.7. The van der Waals surface area contributed by atoms with Crippen molar-refractivity contribution in [3.8, 4) is 0 Å². The minimum Gasteiger partial charge on any atom is -0.313 e. The molecule has 1 heterocycles. The van der Waals surface area contributed by atoms with Gasteiger partial charge in [0.1, 0.15) is 0 Å². The number of nitrogens with one attached hydrogen (secondary N) is 1. The third-order valence-electron chi connectivity index (χ3n) is 2.90. The third-order valence-corrected chi connectivity index (χ3v) is 5.11. The van der Waals surface area contributed by atoms with Crippen LogP contribution in [0.2, 0.25) is 0 Å². The van der Waals surface area contributed by atoms with Gasteiger partial charge in [-0.15, -0.1) is 11.3 Å². The smallest absolute Gasteiger partial charge is 0.0944 e. The van der Waals surface area contributed by atoms with Crippen molar-refractivity contribution in [2.24, 2.45) is 0 Å². The van der Waals surface area contributed by atoms with Crippen molar-refractivity contribution in [3.63, 3.8) is 0 Å². The van der Waals surface area contributed by atoms with Crippen LogP contribution in [-0.4, -0.2) is 29.1 Å². The maximum Gasteiger partial charge on any atom is 0.0944 e. The Morgan fingerprint density at radius 1 is 1.37 bits per heavy atom. The van der Waals surface area contributed by atoms with Gasteiger partial charge in [-0.05, 0) is 18.7 Å². The zero-order valence-corrected chi connectivity index (χ0v) is 14.6. The number of thioether (sulfide) groups is 1. The van der Waals surface area contributed by atoms with Crippen LogP contribution in [-0.2, 0) is 11.8 Å². The monoisotopic (exact) mass is 300 g/mol. The van der Waals surface area contributed by atoms with Gasteiger partial charge in [-0.3, -0.25) is 0 Å². The molecule has 0 spiro atoms. The van der Waals surface area contributed by atoms with Crippen LogP contribution in [0.15, 0.2) is 5.38 Å². The molecule has 19 heavy (non-hydrogen) atoms. The van der Waals surface area contributed by atoms with E-state index in [1.54, 1.807) is 0 Å². The Morgan fingerprint density at radius 2 is 2.11 bits per heavy atom. The molecule has 1 atom stereocenters. The lowest BCUT2D eigenvalue weighted by Crippen LogP contribution is -2.33. The summed E-state index contributed by atoms with van der Waals surface area (Å²) >= 11 is 3.86. The first-order valence-corrected chi connectivity index (χ1v) is 9.26. The van der Waals surface area contributed by atoms with Crippen LogP contribution < -0.4 is 5.32 Å². The van der Waals surface area contributed by atoms with Crippen molar-refractivity contribution in [2.75, 3.05) is 18.1 Å². The fourth-order valence-electron chi connectivity index (χ4n) is 1.81. The van der Waals surface area contributed by atoms with E-state index in [2.05, 4.69) is 45.3 Å². The van der Waals surface area contributed by atoms with Gasteiger partial charge in [0.2, 0.25) is 0 Å². The molecule has 2 nitrogen and oxygen atoms in total. The second-order valence-corrected chi connectivity index (χ2v) is 8.00. The van der Waals surface area contributed by atoms with E-state index in [9.17, 15) is 0 Å². The first kappa shape index (κ1) is 17.0. The number of likely N-dealkylation sites (N-methyl/N-ethyl adjacent to an activating group) is 1. The van der Waals surface area contributed by atoms with Crippen LogP contribution in [0, 0.1) is 0 Å². The van der Waals surface area contributed by atoms with E-state index < -0.39 is 0 Å². The molecule has 4 heteroatoms. The van der Waals surface area contributed by atoms with E-state index in [0.717, 1.165) is 13.0 Å². The number of aromatic nitrogens is 1. The SMILES string of the molecule is CCCSCC(Cc1nc(C(C)(C)C)cs1)NCC. The summed E-state index contributed by atoms with van der Waals surface area (Å²) < 4.78 is 0. The molecule has 1 aromatic rings. The Hall–Kier alpha value is -0.0600. The van der Waals surface area contributed by atoms with E-state index in [1.807, 2.05) is 23.1 Å². The van der Waals surface area contributed by atoms with Crippen LogP contribution in [0.5, 0.6) is 0 Å². The van der Waals surface area contributed by atoms with Crippen LogP contribution in [0.3, 0.4) is 0 Å². The van der Waals surface area contributed by atoms with E-state index in [0.29, 0.717) is 6.04 Å². The Bertz CT molecular complexity index is 355. The number of hydrogen-bond donors (Lipinski definition) is 1. The van der Waals surface area contributed by atoms with Gasteiger partial charge in [0.15, 0.2) is 0 Å². The maximum absolute atomic E-state index is 4.80. The lowest BCUT2D eigenvalue weighted by atomic mass is 9.93. The van der Waals surface area contributed by atoms with Crippen molar-refractivity contribution in [2.45, 2.75) is 58.9 Å². The molecule has 1 rings (SSSR count). The summed E-state index contributed by atoms with van der Waals surface area (Å²) in [5.41, 5.74) is 1.39. The van der Waals surface area contributed by atoms with Gasteiger partial charge in [0.25, 0.3) is 0 Å². The topological polar surface area (TPSA) is 24.9 Å². The zero-order valence-electron chi connectivity index (χ0n) is 13.0. The first-order chi connectivity index (χ1) is 8.97. The predicted molar refractivity (Wildman–Crippen MR) is 89.6 cm³/mol. The summed E-state index contributed by atoms with van der Waals surface area (Å²) in [6, 6.07) is 0.556. The summed E-state index contributed by atoms with van der Waals surface area (Å²) in [4.78, 5) is 4.80. The highest BCUT2D eigenvalue weighted by Crippen LogP contribution is 2.24. The molecule has 0 aliphatic rings. The van der Waals surface area contributed by atoms with Crippen LogP contribution >= 0.6 is 23.1 Å². The molecule has 0 saturated carbocycles. The third kappa shape index (κ3) is 6.28. The fraction of sp³-hybridized carbons (Fsp3) is 0.800. The van der Waals surface area contributed by atoms with Gasteiger partial charge in [-0.25, -0.2) is 4.98 Å². The molecule has 1 unspecified atom stereocenters. The Balaban J connectivity index is 2.55. The van der Waals surface area contributed by atoms with Gasteiger partial charge in [-0.1, -0.05) is 34.6 Å². The number of rotatable bonds is 8. The zero-order chi connectivity index (χ0) is 14.3. The van der Waals surface area contributed by atoms with E-state index >= 15 is 0 Å². The van der Waals surface area contributed by atoms with Gasteiger partial charge >= 0.3 is 0 Å². The molecule has 0 aliphatic heterocycles. The van der Waals surface area contributed by atoms with Gasteiger partial charge in [0, 0.05) is 29.0 Å². The van der Waals surface area contributed by atoms with E-state index in [4.69, 9.17) is 4.98 Å². The number of nitrogens with zero attached hydrogens (tertiary/aromatic N) is 1. The minimum atomic E-state index is 0.166. The Labute approximate surface area is 126 Å². The Kier molecular flexibility index (Phi) is 7.40. The summed E-state index contributed by atoms with van der Waals surface area (Å²) in [6.07, 6.45) is 2.32. The quantitative estimate of drug-likeness (QED) is 0.732. The van der Waals surface area contributed by atoms with Gasteiger partial charge < -0.3 is 5.32 Å². The van der Waals surface area contributed by atoms with Crippen molar-refractivity contribution in [1.29, 1.82) is 0 Å². The van der Waals surface area contributed by atoms with Crippen molar-refractivity contribution in [3.05, 3.63) is 16.1 Å². The number of thiazole rings is 1. The van der Waals surface area contributed by atoms with Crippen molar-refractivity contribution in [1.82, 2.24) is 10.3 Å². The predicted octanol–water partition coefficient (Wildman–Crippen LogP) is 4.10.